The minimum absolute atomic E-state index is 0.119. The van der Waals surface area contributed by atoms with Gasteiger partial charge in [-0.1, -0.05) is 18.7 Å². The van der Waals surface area contributed by atoms with E-state index in [1.54, 1.807) is 17.0 Å². The summed E-state index contributed by atoms with van der Waals surface area (Å²) in [5, 5.41) is 5.05. The molecule has 3 amide bonds. The topological polar surface area (TPSA) is 87.7 Å². The van der Waals surface area contributed by atoms with Crippen molar-refractivity contribution in [1.82, 2.24) is 10.2 Å². The zero-order valence-electron chi connectivity index (χ0n) is 12.0. The number of amides is 3. The summed E-state index contributed by atoms with van der Waals surface area (Å²) in [6.07, 6.45) is 0.793. The molecule has 0 aromatic heterocycles. The predicted molar refractivity (Wildman–Crippen MR) is 80.0 cm³/mol. The Hall–Kier alpha value is -2.83. The maximum Gasteiger partial charge on any atom is 0.410 e. The number of ether oxygens (including phenoxy) is 1. The first-order chi connectivity index (χ1) is 10.6. The van der Waals surface area contributed by atoms with Crippen LogP contribution in [0.2, 0.25) is 0 Å². The molecule has 0 radical (unpaired) electrons. The van der Waals surface area contributed by atoms with Gasteiger partial charge in [-0.25, -0.2) is 4.79 Å². The van der Waals surface area contributed by atoms with Crippen molar-refractivity contribution in [2.45, 2.75) is 6.54 Å². The molecule has 0 unspecified atom stereocenters. The van der Waals surface area contributed by atoms with E-state index in [-0.39, 0.29) is 18.5 Å². The Morgan fingerprint density at radius 2 is 2.05 bits per heavy atom. The fourth-order valence-corrected chi connectivity index (χ4v) is 1.93. The molecule has 1 saturated heterocycles. The number of nitrogens with one attached hydrogen (secondary N) is 2. The summed E-state index contributed by atoms with van der Waals surface area (Å²) >= 11 is 0. The Morgan fingerprint density at radius 1 is 1.32 bits per heavy atom. The Bertz CT molecular complexity index is 583. The lowest BCUT2D eigenvalue weighted by Crippen LogP contribution is -2.31. The van der Waals surface area contributed by atoms with Gasteiger partial charge in [0.05, 0.1) is 13.1 Å². The number of benzene rings is 1. The highest BCUT2D eigenvalue weighted by molar-refractivity contribution is 5.96. The van der Waals surface area contributed by atoms with Crippen LogP contribution in [0.15, 0.2) is 36.9 Å². The second-order valence-corrected chi connectivity index (χ2v) is 4.70. The molecule has 1 aliphatic rings. The van der Waals surface area contributed by atoms with Crippen LogP contribution in [0.4, 0.5) is 10.5 Å². The first-order valence-electron chi connectivity index (χ1n) is 6.79. The van der Waals surface area contributed by atoms with Gasteiger partial charge in [-0.2, -0.15) is 0 Å². The summed E-state index contributed by atoms with van der Waals surface area (Å²) < 4.78 is 4.86. The number of hydrogen-bond acceptors (Lipinski definition) is 4. The van der Waals surface area contributed by atoms with Crippen LogP contribution in [-0.2, 0) is 20.9 Å². The molecule has 7 nitrogen and oxygen atoms in total. The molecule has 1 fully saturated rings. The maximum absolute atomic E-state index is 11.6. The predicted octanol–water partition coefficient (Wildman–Crippen LogP) is 0.879. The van der Waals surface area contributed by atoms with Gasteiger partial charge in [0, 0.05) is 12.2 Å². The van der Waals surface area contributed by atoms with Crippen LogP contribution in [0.5, 0.6) is 0 Å². The number of carbonyl (C=O) groups is 3. The van der Waals surface area contributed by atoms with Crippen LogP contribution in [0.3, 0.4) is 0 Å². The number of carbonyl (C=O) groups excluding carboxylic acids is 3. The van der Waals surface area contributed by atoms with Gasteiger partial charge in [0.15, 0.2) is 0 Å². The summed E-state index contributed by atoms with van der Waals surface area (Å²) in [6.45, 7) is 4.66. The van der Waals surface area contributed by atoms with E-state index in [4.69, 9.17) is 4.74 Å². The standard InChI is InChI=1S/C15H17N3O4/c1-2-13(19)16-9-14(20)17-12-5-3-11(4-6-12)10-18-7-8-22-15(18)21/h2-6H,1,7-10H2,(H,16,19)(H,17,20). The normalized spacial score (nSPS) is 13.5. The van der Waals surface area contributed by atoms with Crippen molar-refractivity contribution in [3.8, 4) is 0 Å². The van der Waals surface area contributed by atoms with E-state index in [1.165, 1.54) is 0 Å². The van der Waals surface area contributed by atoms with Crippen molar-refractivity contribution in [3.63, 3.8) is 0 Å². The van der Waals surface area contributed by atoms with Gasteiger partial charge in [-0.3, -0.25) is 9.59 Å². The van der Waals surface area contributed by atoms with E-state index in [9.17, 15) is 14.4 Å². The summed E-state index contributed by atoms with van der Waals surface area (Å²) in [4.78, 5) is 35.5. The second kappa shape index (κ2) is 7.26. The lowest BCUT2D eigenvalue weighted by Gasteiger charge is -2.13. The molecule has 1 aromatic carbocycles. The molecule has 1 aromatic rings. The van der Waals surface area contributed by atoms with E-state index in [0.29, 0.717) is 25.4 Å². The van der Waals surface area contributed by atoms with Gasteiger partial charge in [0.1, 0.15) is 6.61 Å². The van der Waals surface area contributed by atoms with Crippen molar-refractivity contribution >= 4 is 23.6 Å². The Morgan fingerprint density at radius 3 is 2.64 bits per heavy atom. The fraction of sp³-hybridized carbons (Fsp3) is 0.267. The number of anilines is 1. The van der Waals surface area contributed by atoms with Gasteiger partial charge in [0.25, 0.3) is 0 Å². The van der Waals surface area contributed by atoms with Gasteiger partial charge >= 0.3 is 6.09 Å². The van der Waals surface area contributed by atoms with Crippen LogP contribution in [-0.4, -0.2) is 42.5 Å². The molecule has 0 aliphatic carbocycles. The van der Waals surface area contributed by atoms with Gasteiger partial charge in [-0.15, -0.1) is 0 Å². The molecule has 0 spiro atoms. The van der Waals surface area contributed by atoms with E-state index < -0.39 is 5.91 Å². The lowest BCUT2D eigenvalue weighted by molar-refractivity contribution is -0.121. The van der Waals surface area contributed by atoms with Crippen molar-refractivity contribution in [2.24, 2.45) is 0 Å². The van der Waals surface area contributed by atoms with Gasteiger partial charge < -0.3 is 20.3 Å². The first kappa shape index (κ1) is 15.6. The van der Waals surface area contributed by atoms with Crippen molar-refractivity contribution < 1.29 is 19.1 Å². The molecular weight excluding hydrogens is 286 g/mol. The number of rotatable bonds is 6. The average molecular weight is 303 g/mol. The molecule has 2 N–H and O–H groups in total. The molecule has 0 saturated carbocycles. The van der Waals surface area contributed by atoms with Crippen LogP contribution in [0, 0.1) is 0 Å². The smallest absolute Gasteiger partial charge is 0.410 e. The van der Waals surface area contributed by atoms with Crippen LogP contribution in [0.1, 0.15) is 5.56 Å². The zero-order valence-corrected chi connectivity index (χ0v) is 12.0. The zero-order chi connectivity index (χ0) is 15.9. The molecule has 1 aliphatic heterocycles. The Balaban J connectivity index is 1.83. The maximum atomic E-state index is 11.6. The highest BCUT2D eigenvalue weighted by Crippen LogP contribution is 2.13. The number of cyclic esters (lactones) is 1. The third-order valence-corrected chi connectivity index (χ3v) is 3.06. The Kier molecular flexibility index (Phi) is 5.13. The largest absolute Gasteiger partial charge is 0.448 e. The van der Waals surface area contributed by atoms with Gasteiger partial charge in [-0.05, 0) is 23.8 Å². The third kappa shape index (κ3) is 4.34. The molecule has 0 atom stereocenters. The molecular formula is C15H17N3O4. The fourth-order valence-electron chi connectivity index (χ4n) is 1.93. The second-order valence-electron chi connectivity index (χ2n) is 4.70. The van der Waals surface area contributed by atoms with Crippen molar-refractivity contribution in [2.75, 3.05) is 25.0 Å². The first-order valence-corrected chi connectivity index (χ1v) is 6.79. The van der Waals surface area contributed by atoms with Gasteiger partial charge in [0.2, 0.25) is 11.8 Å². The number of hydrogen-bond donors (Lipinski definition) is 2. The summed E-state index contributed by atoms with van der Waals surface area (Å²) in [5.74, 6) is -0.728. The van der Waals surface area contributed by atoms with E-state index >= 15 is 0 Å². The summed E-state index contributed by atoms with van der Waals surface area (Å²) in [6, 6.07) is 7.13. The third-order valence-electron chi connectivity index (χ3n) is 3.06. The van der Waals surface area contributed by atoms with Crippen molar-refractivity contribution in [3.05, 3.63) is 42.5 Å². The van der Waals surface area contributed by atoms with E-state index in [2.05, 4.69) is 17.2 Å². The average Bonchev–Trinajstić information content (AvgIpc) is 2.92. The summed E-state index contributed by atoms with van der Waals surface area (Å²) in [7, 11) is 0. The SMILES string of the molecule is C=CC(=O)NCC(=O)Nc1ccc(CN2CCOC2=O)cc1. The van der Waals surface area contributed by atoms with E-state index in [0.717, 1.165) is 11.6 Å². The molecule has 7 heteroatoms. The minimum atomic E-state index is -0.400. The monoisotopic (exact) mass is 303 g/mol. The summed E-state index contributed by atoms with van der Waals surface area (Å²) in [5.41, 5.74) is 1.56. The van der Waals surface area contributed by atoms with Crippen LogP contribution < -0.4 is 10.6 Å². The van der Waals surface area contributed by atoms with E-state index in [1.807, 2.05) is 12.1 Å². The van der Waals surface area contributed by atoms with Crippen LogP contribution >= 0.6 is 0 Å². The highest BCUT2D eigenvalue weighted by atomic mass is 16.6. The molecule has 0 bridgehead atoms. The minimum Gasteiger partial charge on any atom is -0.448 e. The van der Waals surface area contributed by atoms with Crippen molar-refractivity contribution in [1.29, 1.82) is 0 Å². The Labute approximate surface area is 127 Å². The molecule has 116 valence electrons. The van der Waals surface area contributed by atoms with Crippen LogP contribution in [0.25, 0.3) is 0 Å². The lowest BCUT2D eigenvalue weighted by atomic mass is 10.2. The number of nitrogens with zero attached hydrogens (tertiary/aromatic N) is 1. The molecule has 2 rings (SSSR count). The molecule has 22 heavy (non-hydrogen) atoms. The quantitative estimate of drug-likeness (QED) is 0.764. The highest BCUT2D eigenvalue weighted by Gasteiger charge is 2.21. The molecule has 1 heterocycles.